The van der Waals surface area contributed by atoms with Gasteiger partial charge in [-0.05, 0) is 54.8 Å². The SMILES string of the molecule is O=C(/C=C/c1ccccc1Cl)Nc1ccc(C(=O)N2CCCCCC2)cc1. The van der Waals surface area contributed by atoms with E-state index in [1.54, 1.807) is 36.4 Å². The van der Waals surface area contributed by atoms with E-state index in [0.717, 1.165) is 31.5 Å². The number of benzene rings is 2. The standard InChI is InChI=1S/C22H23ClN2O2/c23-20-8-4-3-7-17(20)11-14-21(26)24-19-12-9-18(10-13-19)22(27)25-15-5-1-2-6-16-25/h3-4,7-14H,1-2,5-6,15-16H2,(H,24,26)/b14-11+. The summed E-state index contributed by atoms with van der Waals surface area (Å²) >= 11 is 6.07. The van der Waals surface area contributed by atoms with Crippen molar-refractivity contribution in [1.82, 2.24) is 4.90 Å². The number of likely N-dealkylation sites (tertiary alicyclic amines) is 1. The average molecular weight is 383 g/mol. The molecule has 1 saturated heterocycles. The molecule has 2 amide bonds. The minimum absolute atomic E-state index is 0.0633. The number of carbonyl (C=O) groups is 2. The summed E-state index contributed by atoms with van der Waals surface area (Å²) in [5.74, 6) is -0.185. The van der Waals surface area contributed by atoms with Crippen molar-refractivity contribution in [2.45, 2.75) is 25.7 Å². The second-order valence-corrected chi connectivity index (χ2v) is 7.04. The maximum Gasteiger partial charge on any atom is 0.253 e. The molecule has 0 radical (unpaired) electrons. The Balaban J connectivity index is 1.59. The van der Waals surface area contributed by atoms with Crippen LogP contribution in [0.15, 0.2) is 54.6 Å². The molecule has 0 unspecified atom stereocenters. The van der Waals surface area contributed by atoms with E-state index < -0.39 is 0 Å². The van der Waals surface area contributed by atoms with Crippen LogP contribution in [0.3, 0.4) is 0 Å². The van der Waals surface area contributed by atoms with Gasteiger partial charge in [-0.3, -0.25) is 9.59 Å². The predicted molar refractivity (Wildman–Crippen MR) is 110 cm³/mol. The van der Waals surface area contributed by atoms with Crippen LogP contribution in [0.2, 0.25) is 5.02 Å². The number of anilines is 1. The Bertz CT molecular complexity index is 822. The molecule has 0 spiro atoms. The first-order chi connectivity index (χ1) is 13.1. The minimum Gasteiger partial charge on any atom is -0.339 e. The molecule has 0 atom stereocenters. The van der Waals surface area contributed by atoms with Crippen molar-refractivity contribution in [1.29, 1.82) is 0 Å². The molecule has 4 nitrogen and oxygen atoms in total. The number of halogens is 1. The molecule has 0 bridgehead atoms. The first-order valence-electron chi connectivity index (χ1n) is 9.26. The van der Waals surface area contributed by atoms with Crippen molar-refractivity contribution in [2.75, 3.05) is 18.4 Å². The third kappa shape index (κ3) is 5.44. The Morgan fingerprint density at radius 3 is 2.26 bits per heavy atom. The van der Waals surface area contributed by atoms with E-state index in [-0.39, 0.29) is 11.8 Å². The van der Waals surface area contributed by atoms with E-state index >= 15 is 0 Å². The first kappa shape index (κ1) is 19.2. The van der Waals surface area contributed by atoms with E-state index in [4.69, 9.17) is 11.6 Å². The summed E-state index contributed by atoms with van der Waals surface area (Å²) in [6.45, 7) is 1.65. The summed E-state index contributed by atoms with van der Waals surface area (Å²) in [6, 6.07) is 14.4. The molecule has 1 fully saturated rings. The van der Waals surface area contributed by atoms with Gasteiger partial charge >= 0.3 is 0 Å². The predicted octanol–water partition coefficient (Wildman–Crippen LogP) is 5.01. The molecule has 1 aliphatic rings. The van der Waals surface area contributed by atoms with Gasteiger partial charge in [-0.25, -0.2) is 0 Å². The summed E-state index contributed by atoms with van der Waals surface area (Å²) in [7, 11) is 0. The highest BCUT2D eigenvalue weighted by Crippen LogP contribution is 2.17. The van der Waals surface area contributed by atoms with Gasteiger partial charge in [-0.1, -0.05) is 42.6 Å². The van der Waals surface area contributed by atoms with Crippen molar-refractivity contribution in [2.24, 2.45) is 0 Å². The van der Waals surface area contributed by atoms with Gasteiger partial charge in [0.1, 0.15) is 0 Å². The number of carbonyl (C=O) groups excluding carboxylic acids is 2. The number of rotatable bonds is 4. The van der Waals surface area contributed by atoms with E-state index in [2.05, 4.69) is 5.32 Å². The van der Waals surface area contributed by atoms with Crippen molar-refractivity contribution in [3.05, 3.63) is 70.8 Å². The second-order valence-electron chi connectivity index (χ2n) is 6.63. The van der Waals surface area contributed by atoms with Crippen LogP contribution < -0.4 is 5.32 Å². The van der Waals surface area contributed by atoms with Gasteiger partial charge in [0, 0.05) is 35.4 Å². The lowest BCUT2D eigenvalue weighted by Crippen LogP contribution is -2.31. The van der Waals surface area contributed by atoms with Crippen LogP contribution in [0, 0.1) is 0 Å². The normalized spacial score (nSPS) is 14.8. The van der Waals surface area contributed by atoms with E-state index in [0.29, 0.717) is 16.3 Å². The summed E-state index contributed by atoms with van der Waals surface area (Å²) < 4.78 is 0. The van der Waals surface area contributed by atoms with Crippen LogP contribution in [0.1, 0.15) is 41.6 Å². The fourth-order valence-corrected chi connectivity index (χ4v) is 3.31. The third-order valence-electron chi connectivity index (χ3n) is 4.61. The Kier molecular flexibility index (Phi) is 6.66. The van der Waals surface area contributed by atoms with Crippen molar-refractivity contribution < 1.29 is 9.59 Å². The molecule has 27 heavy (non-hydrogen) atoms. The number of hydrogen-bond donors (Lipinski definition) is 1. The molecule has 3 rings (SSSR count). The van der Waals surface area contributed by atoms with Crippen LogP contribution in [0.5, 0.6) is 0 Å². The number of hydrogen-bond acceptors (Lipinski definition) is 2. The topological polar surface area (TPSA) is 49.4 Å². The molecule has 0 saturated carbocycles. The van der Waals surface area contributed by atoms with Gasteiger partial charge in [-0.2, -0.15) is 0 Å². The van der Waals surface area contributed by atoms with Crippen LogP contribution >= 0.6 is 11.6 Å². The zero-order valence-corrected chi connectivity index (χ0v) is 15.9. The first-order valence-corrected chi connectivity index (χ1v) is 9.64. The monoisotopic (exact) mass is 382 g/mol. The maximum absolute atomic E-state index is 12.6. The fraction of sp³-hybridized carbons (Fsp3) is 0.273. The Morgan fingerprint density at radius 2 is 1.59 bits per heavy atom. The molecule has 1 heterocycles. The van der Waals surface area contributed by atoms with Gasteiger partial charge in [0.05, 0.1) is 0 Å². The van der Waals surface area contributed by atoms with Crippen molar-refractivity contribution >= 4 is 35.2 Å². The molecular formula is C22H23ClN2O2. The highest BCUT2D eigenvalue weighted by atomic mass is 35.5. The smallest absolute Gasteiger partial charge is 0.253 e. The Labute approximate surface area is 164 Å². The van der Waals surface area contributed by atoms with Gasteiger partial charge < -0.3 is 10.2 Å². The molecular weight excluding hydrogens is 360 g/mol. The second kappa shape index (κ2) is 9.38. The third-order valence-corrected chi connectivity index (χ3v) is 4.96. The maximum atomic E-state index is 12.6. The zero-order chi connectivity index (χ0) is 19.1. The summed E-state index contributed by atoms with van der Waals surface area (Å²) in [5, 5.41) is 3.39. The fourth-order valence-electron chi connectivity index (χ4n) is 3.11. The zero-order valence-electron chi connectivity index (χ0n) is 15.2. The highest BCUT2D eigenvalue weighted by Gasteiger charge is 2.17. The molecule has 1 aliphatic heterocycles. The van der Waals surface area contributed by atoms with Gasteiger partial charge in [-0.15, -0.1) is 0 Å². The number of amides is 2. The molecule has 0 aliphatic carbocycles. The molecule has 5 heteroatoms. The summed E-state index contributed by atoms with van der Waals surface area (Å²) in [5.41, 5.74) is 2.09. The summed E-state index contributed by atoms with van der Waals surface area (Å²) in [6.07, 6.45) is 7.63. The molecule has 140 valence electrons. The van der Waals surface area contributed by atoms with Crippen LogP contribution in [0.25, 0.3) is 6.08 Å². The van der Waals surface area contributed by atoms with Crippen LogP contribution in [0.4, 0.5) is 5.69 Å². The lowest BCUT2D eigenvalue weighted by molar-refractivity contribution is -0.111. The van der Waals surface area contributed by atoms with Crippen LogP contribution in [-0.4, -0.2) is 29.8 Å². The molecule has 2 aromatic rings. The van der Waals surface area contributed by atoms with Crippen LogP contribution in [-0.2, 0) is 4.79 Å². The van der Waals surface area contributed by atoms with E-state index in [1.165, 1.54) is 18.9 Å². The van der Waals surface area contributed by atoms with Crippen molar-refractivity contribution in [3.8, 4) is 0 Å². The Morgan fingerprint density at radius 1 is 0.926 bits per heavy atom. The largest absolute Gasteiger partial charge is 0.339 e. The van der Waals surface area contributed by atoms with E-state index in [9.17, 15) is 9.59 Å². The van der Waals surface area contributed by atoms with Gasteiger partial charge in [0.15, 0.2) is 0 Å². The number of nitrogens with zero attached hydrogens (tertiary/aromatic N) is 1. The molecule has 1 N–H and O–H groups in total. The summed E-state index contributed by atoms with van der Waals surface area (Å²) in [4.78, 5) is 26.6. The highest BCUT2D eigenvalue weighted by molar-refractivity contribution is 6.32. The molecule has 0 aromatic heterocycles. The lowest BCUT2D eigenvalue weighted by atomic mass is 10.1. The molecule has 2 aromatic carbocycles. The van der Waals surface area contributed by atoms with Gasteiger partial charge in [0.25, 0.3) is 5.91 Å². The Hall–Kier alpha value is -2.59. The van der Waals surface area contributed by atoms with Gasteiger partial charge in [0.2, 0.25) is 5.91 Å². The average Bonchev–Trinajstić information content (AvgIpc) is 2.97. The van der Waals surface area contributed by atoms with Crippen molar-refractivity contribution in [3.63, 3.8) is 0 Å². The minimum atomic E-state index is -0.249. The quantitative estimate of drug-likeness (QED) is 0.756. The van der Waals surface area contributed by atoms with E-state index in [1.807, 2.05) is 23.1 Å². The lowest BCUT2D eigenvalue weighted by Gasteiger charge is -2.20. The number of nitrogens with one attached hydrogen (secondary N) is 1.